The van der Waals surface area contributed by atoms with Crippen LogP contribution in [0.3, 0.4) is 0 Å². The molecule has 0 aliphatic rings. The van der Waals surface area contributed by atoms with Crippen molar-refractivity contribution < 1.29 is 13.2 Å². The fraction of sp³-hybridized carbons (Fsp3) is 0.455. The van der Waals surface area contributed by atoms with Crippen LogP contribution >= 0.6 is 15.9 Å². The van der Waals surface area contributed by atoms with Gasteiger partial charge in [0.05, 0.1) is 7.11 Å². The summed E-state index contributed by atoms with van der Waals surface area (Å²) in [5.74, 6) is 0.290. The Balaban J connectivity index is 3.24. The number of ether oxygens (including phenoxy) is 1. The summed E-state index contributed by atoms with van der Waals surface area (Å²) in [4.78, 5) is 0.0842. The molecule has 102 valence electrons. The number of nitrogens with one attached hydrogen (secondary N) is 1. The van der Waals surface area contributed by atoms with Crippen molar-refractivity contribution in [2.75, 3.05) is 13.7 Å². The second-order valence-corrected chi connectivity index (χ2v) is 7.06. The molecule has 0 atom stereocenters. The fourth-order valence-electron chi connectivity index (χ4n) is 1.32. The van der Waals surface area contributed by atoms with Crippen LogP contribution in [0.4, 0.5) is 0 Å². The SMILES string of the molecule is COc1ccc(Br)cc1S(=O)(=O)NC(C)(C)CN. The average Bonchev–Trinajstić information content (AvgIpc) is 2.28. The van der Waals surface area contributed by atoms with Gasteiger partial charge < -0.3 is 10.5 Å². The molecule has 0 aliphatic carbocycles. The van der Waals surface area contributed by atoms with E-state index in [-0.39, 0.29) is 11.4 Å². The smallest absolute Gasteiger partial charge is 0.244 e. The predicted molar refractivity (Wildman–Crippen MR) is 74.1 cm³/mol. The molecule has 1 aromatic carbocycles. The monoisotopic (exact) mass is 336 g/mol. The number of rotatable bonds is 5. The number of hydrogen-bond acceptors (Lipinski definition) is 4. The van der Waals surface area contributed by atoms with Gasteiger partial charge in [-0.05, 0) is 32.0 Å². The molecule has 0 bridgehead atoms. The van der Waals surface area contributed by atoms with Crippen LogP contribution in [0.2, 0.25) is 0 Å². The van der Waals surface area contributed by atoms with Crippen LogP contribution in [0.5, 0.6) is 5.75 Å². The van der Waals surface area contributed by atoms with Crippen LogP contribution in [0.1, 0.15) is 13.8 Å². The first kappa shape index (κ1) is 15.4. The number of nitrogens with two attached hydrogens (primary N) is 1. The second-order valence-electron chi connectivity index (χ2n) is 4.49. The molecule has 18 heavy (non-hydrogen) atoms. The van der Waals surface area contributed by atoms with E-state index in [2.05, 4.69) is 20.7 Å². The Labute approximate surface area is 116 Å². The molecule has 1 aromatic rings. The molecular formula is C11H17BrN2O3S. The lowest BCUT2D eigenvalue weighted by Crippen LogP contribution is -2.48. The Morgan fingerprint density at radius 3 is 2.56 bits per heavy atom. The summed E-state index contributed by atoms with van der Waals surface area (Å²) < 4.78 is 32.8. The normalized spacial score (nSPS) is 12.5. The van der Waals surface area contributed by atoms with Crippen molar-refractivity contribution in [2.45, 2.75) is 24.3 Å². The highest BCUT2D eigenvalue weighted by Gasteiger charge is 2.27. The largest absolute Gasteiger partial charge is 0.495 e. The molecule has 0 radical (unpaired) electrons. The van der Waals surface area contributed by atoms with E-state index in [1.165, 1.54) is 13.2 Å². The number of benzene rings is 1. The zero-order chi connectivity index (χ0) is 14.0. The molecule has 0 saturated heterocycles. The van der Waals surface area contributed by atoms with Crippen molar-refractivity contribution in [3.05, 3.63) is 22.7 Å². The van der Waals surface area contributed by atoms with E-state index in [4.69, 9.17) is 10.5 Å². The topological polar surface area (TPSA) is 81.4 Å². The summed E-state index contributed by atoms with van der Waals surface area (Å²) in [7, 11) is -2.25. The van der Waals surface area contributed by atoms with Crippen LogP contribution < -0.4 is 15.2 Å². The van der Waals surface area contributed by atoms with Crippen LogP contribution in [0, 0.1) is 0 Å². The van der Waals surface area contributed by atoms with E-state index < -0.39 is 15.6 Å². The Hall–Kier alpha value is -0.630. The number of sulfonamides is 1. The molecule has 1 rings (SSSR count). The van der Waals surface area contributed by atoms with Gasteiger partial charge in [0.15, 0.2) is 0 Å². The zero-order valence-electron chi connectivity index (χ0n) is 10.5. The first-order chi connectivity index (χ1) is 8.22. The quantitative estimate of drug-likeness (QED) is 0.853. The standard InChI is InChI=1S/C11H17BrN2O3S/c1-11(2,7-13)14-18(15,16)10-6-8(12)4-5-9(10)17-3/h4-6,14H,7,13H2,1-3H3. The fourth-order valence-corrected chi connectivity index (χ4v) is 3.45. The van der Waals surface area contributed by atoms with E-state index in [9.17, 15) is 8.42 Å². The average molecular weight is 337 g/mol. The summed E-state index contributed by atoms with van der Waals surface area (Å²) in [6.45, 7) is 3.63. The third-order valence-corrected chi connectivity index (χ3v) is 4.55. The first-order valence-corrected chi connectivity index (χ1v) is 7.57. The Morgan fingerprint density at radius 2 is 2.06 bits per heavy atom. The first-order valence-electron chi connectivity index (χ1n) is 5.29. The summed E-state index contributed by atoms with van der Waals surface area (Å²) in [5.41, 5.74) is 4.81. The Morgan fingerprint density at radius 1 is 1.44 bits per heavy atom. The van der Waals surface area contributed by atoms with Gasteiger partial charge in [0.1, 0.15) is 10.6 Å². The maximum Gasteiger partial charge on any atom is 0.244 e. The highest BCUT2D eigenvalue weighted by atomic mass is 79.9. The molecular weight excluding hydrogens is 320 g/mol. The number of hydrogen-bond donors (Lipinski definition) is 2. The van der Waals surface area contributed by atoms with E-state index in [1.54, 1.807) is 26.0 Å². The molecule has 0 unspecified atom stereocenters. The summed E-state index contributed by atoms with van der Waals surface area (Å²) in [6.07, 6.45) is 0. The van der Waals surface area contributed by atoms with Gasteiger partial charge in [-0.1, -0.05) is 15.9 Å². The highest BCUT2D eigenvalue weighted by Crippen LogP contribution is 2.27. The number of halogens is 1. The van der Waals surface area contributed by atoms with Crippen molar-refractivity contribution in [1.29, 1.82) is 0 Å². The molecule has 7 heteroatoms. The van der Waals surface area contributed by atoms with E-state index in [1.807, 2.05) is 0 Å². The lowest BCUT2D eigenvalue weighted by atomic mass is 10.1. The molecule has 5 nitrogen and oxygen atoms in total. The molecule has 0 spiro atoms. The Bertz CT molecular complexity index is 529. The summed E-state index contributed by atoms with van der Waals surface area (Å²) >= 11 is 3.24. The third kappa shape index (κ3) is 3.68. The van der Waals surface area contributed by atoms with Gasteiger partial charge >= 0.3 is 0 Å². The van der Waals surface area contributed by atoms with Crippen LogP contribution in [-0.2, 0) is 10.0 Å². The zero-order valence-corrected chi connectivity index (χ0v) is 12.9. The maximum atomic E-state index is 12.3. The Kier molecular flexibility index (Phi) is 4.77. The van der Waals surface area contributed by atoms with Crippen LogP contribution in [-0.4, -0.2) is 27.6 Å². The molecule has 0 heterocycles. The van der Waals surface area contributed by atoms with Crippen molar-refractivity contribution in [1.82, 2.24) is 4.72 Å². The van der Waals surface area contributed by atoms with Gasteiger partial charge in [0.25, 0.3) is 0 Å². The van der Waals surface area contributed by atoms with Gasteiger partial charge in [0.2, 0.25) is 10.0 Å². The summed E-state index contributed by atoms with van der Waals surface area (Å²) in [5, 5.41) is 0. The van der Waals surface area contributed by atoms with E-state index in [0.29, 0.717) is 10.2 Å². The molecule has 0 saturated carbocycles. The van der Waals surface area contributed by atoms with Gasteiger partial charge in [-0.25, -0.2) is 13.1 Å². The lowest BCUT2D eigenvalue weighted by molar-refractivity contribution is 0.400. The van der Waals surface area contributed by atoms with Crippen LogP contribution in [0.15, 0.2) is 27.6 Å². The molecule has 0 aromatic heterocycles. The van der Waals surface area contributed by atoms with Crippen molar-refractivity contribution >= 4 is 26.0 Å². The van der Waals surface area contributed by atoms with Crippen molar-refractivity contribution in [2.24, 2.45) is 5.73 Å². The van der Waals surface area contributed by atoms with Crippen molar-refractivity contribution in [3.63, 3.8) is 0 Å². The van der Waals surface area contributed by atoms with E-state index in [0.717, 1.165) is 0 Å². The minimum Gasteiger partial charge on any atom is -0.495 e. The minimum absolute atomic E-state index is 0.0842. The van der Waals surface area contributed by atoms with Gasteiger partial charge in [-0.3, -0.25) is 0 Å². The lowest BCUT2D eigenvalue weighted by Gasteiger charge is -2.24. The highest BCUT2D eigenvalue weighted by molar-refractivity contribution is 9.10. The van der Waals surface area contributed by atoms with Crippen LogP contribution in [0.25, 0.3) is 0 Å². The molecule has 3 N–H and O–H groups in total. The van der Waals surface area contributed by atoms with Gasteiger partial charge in [-0.2, -0.15) is 0 Å². The van der Waals surface area contributed by atoms with Crippen molar-refractivity contribution in [3.8, 4) is 5.75 Å². The number of methoxy groups -OCH3 is 1. The maximum absolute atomic E-state index is 12.3. The molecule has 0 amide bonds. The summed E-state index contributed by atoms with van der Waals surface area (Å²) in [6, 6.07) is 4.80. The minimum atomic E-state index is -3.68. The van der Waals surface area contributed by atoms with E-state index >= 15 is 0 Å². The van der Waals surface area contributed by atoms with Gasteiger partial charge in [0, 0.05) is 16.6 Å². The molecule has 0 aliphatic heterocycles. The van der Waals surface area contributed by atoms with Gasteiger partial charge in [-0.15, -0.1) is 0 Å². The third-order valence-electron chi connectivity index (χ3n) is 2.34. The molecule has 0 fully saturated rings. The predicted octanol–water partition coefficient (Wildman–Crippen LogP) is 1.47. The second kappa shape index (κ2) is 5.56.